The maximum absolute atomic E-state index is 10.9. The summed E-state index contributed by atoms with van der Waals surface area (Å²) in [6, 6.07) is 4.90. The van der Waals surface area contributed by atoms with E-state index in [0.29, 0.717) is 24.6 Å². The SMILES string of the molecule is Cc1ccc([N+](=O)[O-])c(NCC(O)CC(C)C)c1. The molecular weight excluding hydrogens is 232 g/mol. The summed E-state index contributed by atoms with van der Waals surface area (Å²) in [5, 5.41) is 23.6. The Hall–Kier alpha value is -1.62. The Bertz CT molecular complexity index is 419. The molecule has 0 amide bonds. The Kier molecular flexibility index (Phi) is 5.09. The number of hydrogen-bond donors (Lipinski definition) is 2. The van der Waals surface area contributed by atoms with Gasteiger partial charge in [-0.25, -0.2) is 0 Å². The minimum atomic E-state index is -0.495. The van der Waals surface area contributed by atoms with Crippen LogP contribution in [0.3, 0.4) is 0 Å². The highest BCUT2D eigenvalue weighted by Gasteiger charge is 2.14. The minimum Gasteiger partial charge on any atom is -0.391 e. The van der Waals surface area contributed by atoms with Gasteiger partial charge in [0.1, 0.15) is 5.69 Å². The fourth-order valence-electron chi connectivity index (χ4n) is 1.81. The number of benzene rings is 1. The zero-order chi connectivity index (χ0) is 13.7. The molecule has 0 saturated carbocycles. The van der Waals surface area contributed by atoms with Gasteiger partial charge < -0.3 is 10.4 Å². The van der Waals surface area contributed by atoms with E-state index in [1.165, 1.54) is 6.07 Å². The van der Waals surface area contributed by atoms with Crippen LogP contribution in [0.5, 0.6) is 0 Å². The van der Waals surface area contributed by atoms with E-state index < -0.39 is 11.0 Å². The molecule has 5 nitrogen and oxygen atoms in total. The number of nitrogens with zero attached hydrogens (tertiary/aromatic N) is 1. The highest BCUT2D eigenvalue weighted by Crippen LogP contribution is 2.25. The molecule has 0 saturated heterocycles. The first-order valence-corrected chi connectivity index (χ1v) is 6.07. The largest absolute Gasteiger partial charge is 0.391 e. The smallest absolute Gasteiger partial charge is 0.292 e. The van der Waals surface area contributed by atoms with Gasteiger partial charge in [-0.15, -0.1) is 0 Å². The molecule has 18 heavy (non-hydrogen) atoms. The minimum absolute atomic E-state index is 0.0392. The molecule has 1 rings (SSSR count). The third-order valence-electron chi connectivity index (χ3n) is 2.62. The van der Waals surface area contributed by atoms with Crippen LogP contribution in [0.25, 0.3) is 0 Å². The topological polar surface area (TPSA) is 75.4 Å². The Morgan fingerprint density at radius 3 is 2.67 bits per heavy atom. The average molecular weight is 252 g/mol. The Labute approximate surface area is 107 Å². The van der Waals surface area contributed by atoms with Gasteiger partial charge in [0.05, 0.1) is 11.0 Å². The molecule has 0 fully saturated rings. The van der Waals surface area contributed by atoms with Gasteiger partial charge in [-0.2, -0.15) is 0 Å². The van der Waals surface area contributed by atoms with E-state index in [4.69, 9.17) is 0 Å². The van der Waals surface area contributed by atoms with Crippen molar-refractivity contribution in [2.24, 2.45) is 5.92 Å². The van der Waals surface area contributed by atoms with E-state index >= 15 is 0 Å². The lowest BCUT2D eigenvalue weighted by atomic mass is 10.1. The predicted octanol–water partition coefficient (Wildman–Crippen LogP) is 2.72. The van der Waals surface area contributed by atoms with Crippen LogP contribution in [0.4, 0.5) is 11.4 Å². The number of aliphatic hydroxyl groups is 1. The van der Waals surface area contributed by atoms with E-state index in [9.17, 15) is 15.2 Å². The first-order chi connectivity index (χ1) is 8.40. The molecule has 1 unspecified atom stereocenters. The monoisotopic (exact) mass is 252 g/mol. The summed E-state index contributed by atoms with van der Waals surface area (Å²) in [6.07, 6.45) is 0.178. The first-order valence-electron chi connectivity index (χ1n) is 6.07. The number of nitrogens with one attached hydrogen (secondary N) is 1. The molecule has 0 radical (unpaired) electrons. The number of nitro groups is 1. The van der Waals surface area contributed by atoms with Crippen LogP contribution in [0.15, 0.2) is 18.2 Å². The molecule has 0 aliphatic rings. The summed E-state index contributed by atoms with van der Waals surface area (Å²) in [5.74, 6) is 0.397. The summed E-state index contributed by atoms with van der Waals surface area (Å²) in [5.41, 5.74) is 1.45. The number of aliphatic hydroxyl groups excluding tert-OH is 1. The van der Waals surface area contributed by atoms with Gasteiger partial charge in [0.2, 0.25) is 0 Å². The van der Waals surface area contributed by atoms with Gasteiger partial charge >= 0.3 is 0 Å². The lowest BCUT2D eigenvalue weighted by molar-refractivity contribution is -0.384. The second-order valence-electron chi connectivity index (χ2n) is 4.94. The molecule has 1 aromatic rings. The van der Waals surface area contributed by atoms with Crippen LogP contribution >= 0.6 is 0 Å². The van der Waals surface area contributed by atoms with Crippen molar-refractivity contribution >= 4 is 11.4 Å². The molecule has 1 atom stereocenters. The molecule has 100 valence electrons. The molecule has 0 aromatic heterocycles. The Balaban J connectivity index is 2.71. The van der Waals surface area contributed by atoms with Crippen LogP contribution in [-0.4, -0.2) is 22.7 Å². The van der Waals surface area contributed by atoms with Crippen molar-refractivity contribution in [2.75, 3.05) is 11.9 Å². The second-order valence-corrected chi connectivity index (χ2v) is 4.94. The fourth-order valence-corrected chi connectivity index (χ4v) is 1.81. The zero-order valence-electron chi connectivity index (χ0n) is 11.0. The summed E-state index contributed by atoms with van der Waals surface area (Å²) in [4.78, 5) is 10.4. The quantitative estimate of drug-likeness (QED) is 0.603. The maximum Gasteiger partial charge on any atom is 0.292 e. The van der Waals surface area contributed by atoms with Crippen molar-refractivity contribution in [2.45, 2.75) is 33.3 Å². The van der Waals surface area contributed by atoms with Gasteiger partial charge in [0.25, 0.3) is 5.69 Å². The molecule has 1 aromatic carbocycles. The average Bonchev–Trinajstić information content (AvgIpc) is 2.25. The normalized spacial score (nSPS) is 12.5. The van der Waals surface area contributed by atoms with Crippen LogP contribution in [0.2, 0.25) is 0 Å². The van der Waals surface area contributed by atoms with Crippen LogP contribution < -0.4 is 5.32 Å². The highest BCUT2D eigenvalue weighted by atomic mass is 16.6. The third kappa shape index (κ3) is 4.33. The summed E-state index contributed by atoms with van der Waals surface area (Å²) < 4.78 is 0. The molecule has 0 spiro atoms. The van der Waals surface area contributed by atoms with Gasteiger partial charge in [-0.05, 0) is 30.9 Å². The van der Waals surface area contributed by atoms with Crippen molar-refractivity contribution in [3.8, 4) is 0 Å². The molecule has 2 N–H and O–H groups in total. The number of nitro benzene ring substituents is 1. The highest BCUT2D eigenvalue weighted by molar-refractivity contribution is 5.62. The van der Waals surface area contributed by atoms with Crippen LogP contribution in [0, 0.1) is 23.0 Å². The number of aryl methyl sites for hydroxylation is 1. The van der Waals surface area contributed by atoms with E-state index in [1.807, 2.05) is 20.8 Å². The lowest BCUT2D eigenvalue weighted by Crippen LogP contribution is -2.21. The van der Waals surface area contributed by atoms with E-state index in [2.05, 4.69) is 5.32 Å². The van der Waals surface area contributed by atoms with Crippen LogP contribution in [-0.2, 0) is 0 Å². The summed E-state index contributed by atoms with van der Waals surface area (Å²) >= 11 is 0. The molecule has 0 aliphatic heterocycles. The lowest BCUT2D eigenvalue weighted by Gasteiger charge is -2.15. The zero-order valence-corrected chi connectivity index (χ0v) is 11.0. The third-order valence-corrected chi connectivity index (χ3v) is 2.62. The Morgan fingerprint density at radius 1 is 1.44 bits per heavy atom. The van der Waals surface area contributed by atoms with Crippen molar-refractivity contribution < 1.29 is 10.0 Å². The number of rotatable bonds is 6. The second kappa shape index (κ2) is 6.35. The van der Waals surface area contributed by atoms with Gasteiger partial charge in [0, 0.05) is 12.6 Å². The Morgan fingerprint density at radius 2 is 2.11 bits per heavy atom. The van der Waals surface area contributed by atoms with Gasteiger partial charge in [-0.1, -0.05) is 19.9 Å². The number of anilines is 1. The standard InChI is InChI=1S/C13H20N2O3/c1-9(2)6-11(16)8-14-12-7-10(3)4-5-13(12)15(17)18/h4-5,7,9,11,14,16H,6,8H2,1-3H3. The predicted molar refractivity (Wildman–Crippen MR) is 71.8 cm³/mol. The van der Waals surface area contributed by atoms with Gasteiger partial charge in [0.15, 0.2) is 0 Å². The molecular formula is C13H20N2O3. The van der Waals surface area contributed by atoms with E-state index in [0.717, 1.165) is 5.56 Å². The van der Waals surface area contributed by atoms with Crippen molar-refractivity contribution in [3.05, 3.63) is 33.9 Å². The molecule has 0 bridgehead atoms. The van der Waals surface area contributed by atoms with Crippen molar-refractivity contribution in [1.82, 2.24) is 0 Å². The summed E-state index contributed by atoms with van der Waals surface area (Å²) in [6.45, 7) is 6.25. The summed E-state index contributed by atoms with van der Waals surface area (Å²) in [7, 11) is 0. The molecule has 0 aliphatic carbocycles. The van der Waals surface area contributed by atoms with Crippen LogP contribution in [0.1, 0.15) is 25.8 Å². The first kappa shape index (κ1) is 14.4. The van der Waals surface area contributed by atoms with Crippen molar-refractivity contribution in [1.29, 1.82) is 0 Å². The van der Waals surface area contributed by atoms with Gasteiger partial charge in [-0.3, -0.25) is 10.1 Å². The van der Waals surface area contributed by atoms with E-state index in [1.54, 1.807) is 12.1 Å². The van der Waals surface area contributed by atoms with Crippen molar-refractivity contribution in [3.63, 3.8) is 0 Å². The van der Waals surface area contributed by atoms with E-state index in [-0.39, 0.29) is 5.69 Å². The molecule has 5 heteroatoms. The molecule has 0 heterocycles. The fraction of sp³-hybridized carbons (Fsp3) is 0.538. The maximum atomic E-state index is 10.9. The number of hydrogen-bond acceptors (Lipinski definition) is 4.